The van der Waals surface area contributed by atoms with Crippen LogP contribution in [0.15, 0.2) is 121 Å². The Bertz CT molecular complexity index is 3540. The van der Waals surface area contributed by atoms with Crippen LogP contribution in [0.4, 0.5) is 0 Å². The first-order chi connectivity index (χ1) is 45.8. The van der Waals surface area contributed by atoms with Gasteiger partial charge in [-0.1, -0.05) is 92.2 Å². The minimum Gasteiger partial charge on any atom is -0.394 e. The minimum absolute atomic E-state index is 0.000560. The third kappa shape index (κ3) is 23.4. The predicted octanol–water partition coefficient (Wildman–Crippen LogP) is -1.39. The van der Waals surface area contributed by atoms with E-state index in [0.29, 0.717) is 28.1 Å². The highest BCUT2D eigenvalue weighted by molar-refractivity contribution is 6.30. The summed E-state index contributed by atoms with van der Waals surface area (Å²) in [6.45, 7) is 4.08. The van der Waals surface area contributed by atoms with Crippen molar-refractivity contribution in [1.29, 1.82) is 0 Å². The summed E-state index contributed by atoms with van der Waals surface area (Å²) < 4.78 is 0. The molecule has 1 saturated heterocycles. The molecule has 0 aliphatic carbocycles. The van der Waals surface area contributed by atoms with Gasteiger partial charge in [0.05, 0.1) is 12.6 Å². The lowest BCUT2D eigenvalue weighted by Gasteiger charge is -2.31. The second kappa shape index (κ2) is 37.1. The number of rotatable bonds is 36. The molecule has 3 aromatic carbocycles. The second-order valence-corrected chi connectivity index (χ2v) is 24.4. The predicted molar refractivity (Wildman–Crippen MR) is 357 cm³/mol. The molecule has 29 nitrogen and oxygen atoms in total. The number of aromatic nitrogens is 2. The molecular weight excluding hydrogens is 1260 g/mol. The van der Waals surface area contributed by atoms with Crippen molar-refractivity contribution in [2.75, 3.05) is 19.7 Å². The zero-order chi connectivity index (χ0) is 70.0. The van der Waals surface area contributed by atoms with E-state index >= 15 is 0 Å². The van der Waals surface area contributed by atoms with Gasteiger partial charge < -0.3 is 81.2 Å². The highest BCUT2D eigenvalue weighted by Gasteiger charge is 2.40. The second-order valence-electron chi connectivity index (χ2n) is 23.9. The molecule has 3 heterocycles. The number of hydrogen-bond donors (Lipinski definition) is 14. The van der Waals surface area contributed by atoms with Crippen LogP contribution < -0.4 is 71.2 Å². The monoisotopic (exact) mass is 1340 g/mol. The van der Waals surface area contributed by atoms with Gasteiger partial charge in [-0.2, -0.15) is 0 Å². The number of carbonyl (C=O) groups is 11. The smallest absolute Gasteiger partial charge is 0.245 e. The summed E-state index contributed by atoms with van der Waals surface area (Å²) in [5.41, 5.74) is 30.8. The van der Waals surface area contributed by atoms with E-state index in [9.17, 15) is 57.8 Å². The number of likely N-dealkylation sites (tertiary alicyclic amines) is 1. The van der Waals surface area contributed by atoms with Gasteiger partial charge >= 0.3 is 0 Å². The van der Waals surface area contributed by atoms with Crippen molar-refractivity contribution in [3.63, 3.8) is 0 Å². The van der Waals surface area contributed by atoms with Gasteiger partial charge in [0.15, 0.2) is 5.96 Å². The van der Waals surface area contributed by atoms with E-state index in [1.54, 1.807) is 62.4 Å². The van der Waals surface area contributed by atoms with Gasteiger partial charge in [0.2, 0.25) is 65.0 Å². The van der Waals surface area contributed by atoms with E-state index in [1.807, 2.05) is 42.5 Å². The largest absolute Gasteiger partial charge is 0.394 e. The van der Waals surface area contributed by atoms with Crippen LogP contribution in [-0.4, -0.2) is 171 Å². The number of primary amides is 2. The molecule has 19 N–H and O–H groups in total. The number of halogens is 1. The van der Waals surface area contributed by atoms with Crippen LogP contribution in [0.25, 0.3) is 10.8 Å². The average molecular weight is 1340 g/mol. The van der Waals surface area contributed by atoms with Gasteiger partial charge in [-0.25, -0.2) is 0 Å². The normalized spacial score (nSPS) is 15.5. The van der Waals surface area contributed by atoms with E-state index in [-0.39, 0.29) is 76.3 Å². The van der Waals surface area contributed by atoms with Crippen molar-refractivity contribution >= 4 is 93.3 Å². The molecular formula is C66H86ClN17O12. The zero-order valence-corrected chi connectivity index (χ0v) is 54.5. The molecule has 2 aromatic heterocycles. The van der Waals surface area contributed by atoms with E-state index in [0.717, 1.165) is 16.3 Å². The quantitative estimate of drug-likeness (QED) is 0.0125. The van der Waals surface area contributed by atoms with E-state index < -0.39 is 145 Å². The molecule has 6 rings (SSSR count). The van der Waals surface area contributed by atoms with Gasteiger partial charge in [0, 0.05) is 68.6 Å². The van der Waals surface area contributed by atoms with Gasteiger partial charge in [0.25, 0.3) is 0 Å². The number of carbonyl (C=O) groups excluding carboxylic acids is 11. The van der Waals surface area contributed by atoms with Crippen molar-refractivity contribution < 1.29 is 57.8 Å². The maximum Gasteiger partial charge on any atom is 0.245 e. The molecule has 96 heavy (non-hydrogen) atoms. The summed E-state index contributed by atoms with van der Waals surface area (Å²) in [7, 11) is 0. The SMILES string of the molecule is CC(C)C[C@H](NC(=O)[C@@H](Cc1cccnc1)NC(=O)[C@H](CCC(N)=O)NC(=O)[C@H](CO)NC(=O)[C@@H](Cc1cccnc1)NC(=O)[C@@H](Cc1ccc(Cl)cc1)NC(=O)[C@H](N)Cc1cccc2ccccc12)C(=O)N[C@@H](CCCN=C(N)N)C(=O)N1CCC[C@H]1C(=O)N[C@H](C)C(N)=O. The van der Waals surface area contributed by atoms with Gasteiger partial charge in [0.1, 0.15) is 54.4 Å². The average Bonchev–Trinajstić information content (AvgIpc) is 1.73. The van der Waals surface area contributed by atoms with Crippen LogP contribution in [0.1, 0.15) is 88.0 Å². The van der Waals surface area contributed by atoms with Gasteiger partial charge in [-0.15, -0.1) is 0 Å². The Balaban J connectivity index is 1.21. The summed E-state index contributed by atoms with van der Waals surface area (Å²) in [5, 5.41) is 34.0. The molecule has 1 aliphatic heterocycles. The van der Waals surface area contributed by atoms with Crippen molar-refractivity contribution in [2.24, 2.45) is 39.6 Å². The van der Waals surface area contributed by atoms with Crippen LogP contribution in [0.2, 0.25) is 5.02 Å². The van der Waals surface area contributed by atoms with Crippen molar-refractivity contribution in [3.8, 4) is 0 Å². The number of nitrogens with one attached hydrogen (secondary N) is 8. The van der Waals surface area contributed by atoms with Crippen LogP contribution in [-0.2, 0) is 78.4 Å². The Labute approximate surface area is 560 Å². The highest BCUT2D eigenvalue weighted by atomic mass is 35.5. The fourth-order valence-corrected chi connectivity index (χ4v) is 10.9. The molecule has 5 aromatic rings. The maximum atomic E-state index is 14.7. The molecule has 10 atom stereocenters. The number of aliphatic imine (C=N–C) groups is 1. The van der Waals surface area contributed by atoms with Crippen LogP contribution in [0, 0.1) is 5.92 Å². The molecule has 11 amide bonds. The Kier molecular flexibility index (Phi) is 28.9. The zero-order valence-electron chi connectivity index (χ0n) is 53.7. The number of pyridine rings is 2. The van der Waals surface area contributed by atoms with E-state index in [1.165, 1.54) is 36.6 Å². The Morgan fingerprint density at radius 3 is 1.67 bits per heavy atom. The molecule has 0 bridgehead atoms. The summed E-state index contributed by atoms with van der Waals surface area (Å²) in [6, 6.07) is 12.4. The number of nitrogens with two attached hydrogens (primary N) is 5. The number of amides is 11. The molecule has 1 fully saturated rings. The number of hydrogen-bond acceptors (Lipinski definition) is 16. The lowest BCUT2D eigenvalue weighted by atomic mass is 9.98. The summed E-state index contributed by atoms with van der Waals surface area (Å²) in [4.78, 5) is 167. The first-order valence-corrected chi connectivity index (χ1v) is 31.9. The van der Waals surface area contributed by atoms with Crippen molar-refractivity contribution in [2.45, 2.75) is 152 Å². The number of aliphatic hydroxyl groups is 1. The number of aliphatic hydroxyl groups excluding tert-OH is 1. The molecule has 514 valence electrons. The molecule has 0 radical (unpaired) electrons. The molecule has 1 aliphatic rings. The molecule has 0 saturated carbocycles. The Morgan fingerprint density at radius 2 is 1.10 bits per heavy atom. The summed E-state index contributed by atoms with van der Waals surface area (Å²) >= 11 is 6.19. The molecule has 30 heteroatoms. The maximum absolute atomic E-state index is 14.7. The van der Waals surface area contributed by atoms with E-state index in [2.05, 4.69) is 57.5 Å². The van der Waals surface area contributed by atoms with Crippen molar-refractivity contribution in [3.05, 3.63) is 143 Å². The fourth-order valence-electron chi connectivity index (χ4n) is 10.8. The lowest BCUT2D eigenvalue weighted by molar-refractivity contribution is -0.142. The number of fused-ring (bicyclic) bond motifs is 1. The Hall–Kier alpha value is -10.1. The Morgan fingerprint density at radius 1 is 0.583 bits per heavy atom. The third-order valence-electron chi connectivity index (χ3n) is 15.9. The molecule has 0 unspecified atom stereocenters. The highest BCUT2D eigenvalue weighted by Crippen LogP contribution is 2.23. The summed E-state index contributed by atoms with van der Waals surface area (Å²) in [5.74, 6) is -9.85. The molecule has 0 spiro atoms. The van der Waals surface area contributed by atoms with Crippen LogP contribution >= 0.6 is 11.6 Å². The van der Waals surface area contributed by atoms with Crippen LogP contribution in [0.3, 0.4) is 0 Å². The topological polar surface area (TPSA) is 476 Å². The van der Waals surface area contributed by atoms with Crippen molar-refractivity contribution in [1.82, 2.24) is 57.4 Å². The minimum atomic E-state index is -1.84. The van der Waals surface area contributed by atoms with E-state index in [4.69, 9.17) is 40.3 Å². The van der Waals surface area contributed by atoms with Crippen LogP contribution in [0.5, 0.6) is 0 Å². The first kappa shape index (κ1) is 74.9. The summed E-state index contributed by atoms with van der Waals surface area (Å²) in [6.07, 6.45) is 5.23. The standard InChI is InChI=1S/C66H86ClN17O12/c1-37(2)29-49(59(90)78-48(17-9-27-75-66(71)72)65(96)84-28-10-18-54(84)64(95)76-38(3)56(70)87)80-61(92)51(31-40-11-7-25-73-34-40)81-58(89)47(23-24-55(69)86)77-63(94)53(36-85)83-62(93)52(32-41-12-8-26-74-35-41)82-60(91)50(30-39-19-21-44(67)22-20-39)79-57(88)46(68)33-43-15-6-14-42-13-4-5-16-45(42)43/h4-8,11-16,19-22,25-26,34-35,37-38,46-54,85H,9-10,17-18,23-24,27-33,36,68H2,1-3H3,(H2,69,86)(H2,70,87)(H,76,95)(H,77,94)(H,78,90)(H,79,88)(H,80,92)(H,81,89)(H,82,91)(H,83,93)(H4,71,72,75)/t38-,46-,47+,48+,49+,50-,51-,52-,53+,54+/m1/s1. The third-order valence-corrected chi connectivity index (χ3v) is 16.1. The first-order valence-electron chi connectivity index (χ1n) is 31.5. The van der Waals surface area contributed by atoms with Gasteiger partial charge in [-0.05, 0) is 115 Å². The fraction of sp³-hybridized carbons (Fsp3) is 0.424. The number of benzene rings is 3. The number of guanidine groups is 1. The van der Waals surface area contributed by atoms with Gasteiger partial charge in [-0.3, -0.25) is 67.7 Å². The number of nitrogens with zero attached hydrogens (tertiary/aromatic N) is 4. The lowest BCUT2D eigenvalue weighted by Crippen LogP contribution is -2.61.